The number of ether oxygens (including phenoxy) is 1. The highest BCUT2D eigenvalue weighted by Gasteiger charge is 2.06. The summed E-state index contributed by atoms with van der Waals surface area (Å²) in [7, 11) is -2.96. The van der Waals surface area contributed by atoms with Crippen molar-refractivity contribution >= 4 is 9.84 Å². The summed E-state index contributed by atoms with van der Waals surface area (Å²) in [5.74, 6) is 0.777. The molecule has 1 aromatic carbocycles. The van der Waals surface area contributed by atoms with Crippen LogP contribution in [0, 0.1) is 6.92 Å². The molecule has 2 N–H and O–H groups in total. The third-order valence-corrected chi connectivity index (χ3v) is 3.44. The maximum absolute atomic E-state index is 10.9. The zero-order chi connectivity index (χ0) is 14.3. The molecule has 0 aliphatic carbocycles. The number of sulfone groups is 1. The van der Waals surface area contributed by atoms with E-state index in [1.807, 2.05) is 31.2 Å². The molecule has 0 fully saturated rings. The topological polar surface area (TPSA) is 75.6 Å². The molecule has 108 valence electrons. The number of hydrogen-bond donors (Lipinski definition) is 2. The third kappa shape index (κ3) is 7.81. The Morgan fingerprint density at radius 3 is 2.53 bits per heavy atom. The van der Waals surface area contributed by atoms with Gasteiger partial charge in [0, 0.05) is 19.3 Å². The van der Waals surface area contributed by atoms with Crippen molar-refractivity contribution in [3.8, 4) is 5.75 Å². The second-order valence-electron chi connectivity index (χ2n) is 4.61. The van der Waals surface area contributed by atoms with Crippen LogP contribution in [0.2, 0.25) is 0 Å². The molecule has 5 nitrogen and oxygen atoms in total. The molecule has 6 heteroatoms. The molecule has 0 saturated heterocycles. The lowest BCUT2D eigenvalue weighted by Gasteiger charge is -2.13. The second-order valence-corrected chi connectivity index (χ2v) is 6.87. The molecule has 1 unspecified atom stereocenters. The normalized spacial score (nSPS) is 13.2. The van der Waals surface area contributed by atoms with Gasteiger partial charge in [0.2, 0.25) is 0 Å². The summed E-state index contributed by atoms with van der Waals surface area (Å²) in [4.78, 5) is 0. The van der Waals surface area contributed by atoms with E-state index >= 15 is 0 Å². The van der Waals surface area contributed by atoms with Gasteiger partial charge in [-0.3, -0.25) is 0 Å². The van der Waals surface area contributed by atoms with E-state index in [4.69, 9.17) is 4.74 Å². The quantitative estimate of drug-likeness (QED) is 0.676. The SMILES string of the molecule is Cc1ccc(OCC(O)CNCCS(C)(=O)=O)cc1. The molecule has 0 aromatic heterocycles. The van der Waals surface area contributed by atoms with Crippen molar-refractivity contribution in [3.63, 3.8) is 0 Å². The first-order valence-corrected chi connectivity index (χ1v) is 8.19. The first-order valence-electron chi connectivity index (χ1n) is 6.13. The molecule has 1 rings (SSSR count). The maximum Gasteiger partial charge on any atom is 0.148 e. The minimum absolute atomic E-state index is 0.0680. The van der Waals surface area contributed by atoms with Gasteiger partial charge in [-0.15, -0.1) is 0 Å². The number of nitrogens with one attached hydrogen (secondary N) is 1. The van der Waals surface area contributed by atoms with E-state index in [1.54, 1.807) is 0 Å². The number of rotatable bonds is 8. The smallest absolute Gasteiger partial charge is 0.148 e. The van der Waals surface area contributed by atoms with Crippen LogP contribution in [0.15, 0.2) is 24.3 Å². The van der Waals surface area contributed by atoms with E-state index in [1.165, 1.54) is 6.26 Å². The maximum atomic E-state index is 10.9. The summed E-state index contributed by atoms with van der Waals surface area (Å²) < 4.78 is 27.2. The Morgan fingerprint density at radius 1 is 1.32 bits per heavy atom. The molecule has 0 spiro atoms. The number of benzene rings is 1. The fraction of sp³-hybridized carbons (Fsp3) is 0.538. The van der Waals surface area contributed by atoms with Gasteiger partial charge in [-0.2, -0.15) is 0 Å². The molecule has 0 heterocycles. The van der Waals surface area contributed by atoms with Crippen molar-refractivity contribution in [3.05, 3.63) is 29.8 Å². The van der Waals surface area contributed by atoms with Crippen molar-refractivity contribution in [2.75, 3.05) is 31.7 Å². The van der Waals surface area contributed by atoms with Gasteiger partial charge in [0.05, 0.1) is 5.75 Å². The highest BCUT2D eigenvalue weighted by molar-refractivity contribution is 7.90. The van der Waals surface area contributed by atoms with Crippen LogP contribution >= 0.6 is 0 Å². The van der Waals surface area contributed by atoms with E-state index < -0.39 is 15.9 Å². The second kappa shape index (κ2) is 7.47. The van der Waals surface area contributed by atoms with E-state index in [0.29, 0.717) is 18.8 Å². The van der Waals surface area contributed by atoms with Gasteiger partial charge in [0.25, 0.3) is 0 Å². The molecule has 0 bridgehead atoms. The summed E-state index contributed by atoms with van der Waals surface area (Å²) in [5.41, 5.74) is 1.15. The van der Waals surface area contributed by atoms with Crippen LogP contribution in [0.4, 0.5) is 0 Å². The Labute approximate surface area is 114 Å². The van der Waals surface area contributed by atoms with E-state index in [9.17, 15) is 13.5 Å². The fourth-order valence-corrected chi connectivity index (χ4v) is 1.93. The third-order valence-electron chi connectivity index (χ3n) is 2.49. The Bertz CT molecular complexity index is 470. The Balaban J connectivity index is 2.17. The minimum Gasteiger partial charge on any atom is -0.491 e. The van der Waals surface area contributed by atoms with Gasteiger partial charge >= 0.3 is 0 Å². The first-order chi connectivity index (χ1) is 8.87. The summed E-state index contributed by atoms with van der Waals surface area (Å²) in [5, 5.41) is 12.5. The average Bonchev–Trinajstić information content (AvgIpc) is 2.33. The Kier molecular flexibility index (Phi) is 6.27. The van der Waals surface area contributed by atoms with Gasteiger partial charge in [-0.05, 0) is 19.1 Å². The lowest BCUT2D eigenvalue weighted by molar-refractivity contribution is 0.107. The number of hydrogen-bond acceptors (Lipinski definition) is 5. The van der Waals surface area contributed by atoms with Gasteiger partial charge in [-0.25, -0.2) is 8.42 Å². The number of aliphatic hydroxyl groups excluding tert-OH is 1. The number of aliphatic hydroxyl groups is 1. The summed E-state index contributed by atoms with van der Waals surface area (Å²) in [6, 6.07) is 7.57. The van der Waals surface area contributed by atoms with E-state index in [2.05, 4.69) is 5.32 Å². The van der Waals surface area contributed by atoms with Crippen LogP contribution in [0.1, 0.15) is 5.56 Å². The van der Waals surface area contributed by atoms with Crippen molar-refractivity contribution < 1.29 is 18.3 Å². The van der Waals surface area contributed by atoms with Crippen LogP contribution < -0.4 is 10.1 Å². The molecule has 0 radical (unpaired) electrons. The Morgan fingerprint density at radius 2 is 1.95 bits per heavy atom. The van der Waals surface area contributed by atoms with E-state index in [-0.39, 0.29) is 12.4 Å². The number of aryl methyl sites for hydroxylation is 1. The lowest BCUT2D eigenvalue weighted by Crippen LogP contribution is -2.34. The zero-order valence-electron chi connectivity index (χ0n) is 11.3. The standard InChI is InChI=1S/C13H21NO4S/c1-11-3-5-13(6-4-11)18-10-12(15)9-14-7-8-19(2,16)17/h3-6,12,14-15H,7-10H2,1-2H3. The van der Waals surface area contributed by atoms with Crippen molar-refractivity contribution in [2.45, 2.75) is 13.0 Å². The van der Waals surface area contributed by atoms with Gasteiger partial charge in [0.1, 0.15) is 28.3 Å². The highest BCUT2D eigenvalue weighted by atomic mass is 32.2. The van der Waals surface area contributed by atoms with E-state index in [0.717, 1.165) is 5.56 Å². The van der Waals surface area contributed by atoms with Gasteiger partial charge < -0.3 is 15.2 Å². The van der Waals surface area contributed by atoms with Crippen LogP contribution in [0.25, 0.3) is 0 Å². The summed E-state index contributed by atoms with van der Waals surface area (Å²) in [6.07, 6.45) is 0.520. The molecule has 1 aromatic rings. The van der Waals surface area contributed by atoms with Crippen LogP contribution in [0.3, 0.4) is 0 Å². The van der Waals surface area contributed by atoms with Crippen LogP contribution in [-0.4, -0.2) is 51.3 Å². The fourth-order valence-electron chi connectivity index (χ4n) is 1.41. The van der Waals surface area contributed by atoms with Crippen molar-refractivity contribution in [1.29, 1.82) is 0 Å². The van der Waals surface area contributed by atoms with Crippen molar-refractivity contribution in [1.82, 2.24) is 5.32 Å². The first kappa shape index (κ1) is 15.9. The zero-order valence-corrected chi connectivity index (χ0v) is 12.1. The summed E-state index contributed by atoms with van der Waals surface area (Å²) >= 11 is 0. The predicted molar refractivity (Wildman–Crippen MR) is 75.3 cm³/mol. The molecule has 0 aliphatic heterocycles. The molecule has 0 aliphatic rings. The van der Waals surface area contributed by atoms with Crippen LogP contribution in [-0.2, 0) is 9.84 Å². The van der Waals surface area contributed by atoms with Gasteiger partial charge in [0.15, 0.2) is 0 Å². The lowest BCUT2D eigenvalue weighted by atomic mass is 10.2. The largest absolute Gasteiger partial charge is 0.491 e. The monoisotopic (exact) mass is 287 g/mol. The minimum atomic E-state index is -2.96. The molecule has 0 amide bonds. The summed E-state index contributed by atoms with van der Waals surface area (Å²) in [6.45, 7) is 2.81. The highest BCUT2D eigenvalue weighted by Crippen LogP contribution is 2.11. The molecule has 1 atom stereocenters. The predicted octanol–water partition coefficient (Wildman–Crippen LogP) is 0.369. The van der Waals surface area contributed by atoms with Gasteiger partial charge in [-0.1, -0.05) is 17.7 Å². The molecule has 0 saturated carbocycles. The van der Waals surface area contributed by atoms with Crippen LogP contribution in [0.5, 0.6) is 5.75 Å². The van der Waals surface area contributed by atoms with Crippen molar-refractivity contribution in [2.24, 2.45) is 0 Å². The molecule has 19 heavy (non-hydrogen) atoms. The molecular formula is C13H21NO4S. The average molecular weight is 287 g/mol. The molecular weight excluding hydrogens is 266 g/mol. The Hall–Kier alpha value is -1.11.